The molecule has 8 heteroatoms. The molecule has 0 spiro atoms. The number of hydrogen-bond donors (Lipinski definition) is 1. The minimum absolute atomic E-state index is 0. The second kappa shape index (κ2) is 14.0. The minimum Gasteiger partial charge on any atom is -0.624 e. The summed E-state index contributed by atoms with van der Waals surface area (Å²) in [5, 5.41) is 14.9. The van der Waals surface area contributed by atoms with E-state index in [1.54, 1.807) is 12.4 Å². The first-order chi connectivity index (χ1) is 16.0. The van der Waals surface area contributed by atoms with E-state index in [9.17, 15) is 4.79 Å². The molecule has 1 N–H and O–H groups in total. The van der Waals surface area contributed by atoms with Gasteiger partial charge in [-0.25, -0.2) is 4.98 Å². The van der Waals surface area contributed by atoms with Crippen LogP contribution < -0.4 is 4.74 Å². The number of allylic oxidation sites excluding steroid dienone is 2. The summed E-state index contributed by atoms with van der Waals surface area (Å²) < 4.78 is 5.67. The number of aliphatic hydroxyl groups is 1. The Hall–Kier alpha value is -3.45. The molecule has 0 aliphatic heterocycles. The van der Waals surface area contributed by atoms with Crippen molar-refractivity contribution in [2.75, 3.05) is 6.73 Å². The maximum Gasteiger partial charge on any atom is 0.212 e. The molecule has 0 saturated carbocycles. The van der Waals surface area contributed by atoms with Crippen LogP contribution in [0.15, 0.2) is 91.0 Å². The number of ketones is 1. The van der Waals surface area contributed by atoms with Gasteiger partial charge >= 0.3 is 0 Å². The van der Waals surface area contributed by atoms with Crippen LogP contribution in [0.1, 0.15) is 19.5 Å². The summed E-state index contributed by atoms with van der Waals surface area (Å²) in [5.41, 5.74) is 2.54. The van der Waals surface area contributed by atoms with E-state index < -0.39 is 0 Å². The Morgan fingerprint density at radius 1 is 0.971 bits per heavy atom. The molecule has 1 radical (unpaired) electrons. The average Bonchev–Trinajstić information content (AvgIpc) is 2.82. The second-order valence-corrected chi connectivity index (χ2v) is 7.11. The largest absolute Gasteiger partial charge is 0.624 e. The van der Waals surface area contributed by atoms with Crippen molar-refractivity contribution in [3.05, 3.63) is 102 Å². The number of hydrogen-bond acceptors (Lipinski definition) is 6. The summed E-state index contributed by atoms with van der Waals surface area (Å²) in [6.45, 7) is 3.60. The van der Waals surface area contributed by atoms with Crippen molar-refractivity contribution in [2.24, 2.45) is 0 Å². The Balaban J connectivity index is 0.000000449. The maximum absolute atomic E-state index is 10.0. The van der Waals surface area contributed by atoms with Crippen molar-refractivity contribution in [3.8, 4) is 17.3 Å². The molecule has 1 aromatic carbocycles. The second-order valence-electron chi connectivity index (χ2n) is 7.11. The molecule has 177 valence electrons. The van der Waals surface area contributed by atoms with Crippen molar-refractivity contribution in [1.29, 1.82) is 0 Å². The van der Waals surface area contributed by atoms with Gasteiger partial charge in [-0.05, 0) is 43.5 Å². The molecule has 0 atom stereocenters. The SMILES string of the molecule is CC(=O)C=C(C)O.[Ir].c1ccc(C[N-]COc2cccc(-c3nccc4ccccc34)n2)nc1. The molecule has 3 aromatic heterocycles. The molecule has 0 unspecified atom stereocenters. The van der Waals surface area contributed by atoms with Gasteiger partial charge in [-0.2, -0.15) is 0 Å². The van der Waals surface area contributed by atoms with Crippen molar-refractivity contribution in [3.63, 3.8) is 0 Å². The fourth-order valence-corrected chi connectivity index (χ4v) is 3.01. The molecule has 7 nitrogen and oxygen atoms in total. The molecule has 4 rings (SSSR count). The number of fused-ring (bicyclic) bond motifs is 1. The number of ether oxygens (including phenoxy) is 1. The van der Waals surface area contributed by atoms with Crippen molar-refractivity contribution < 1.29 is 34.7 Å². The topological polar surface area (TPSA) is 99.3 Å². The van der Waals surface area contributed by atoms with Gasteiger partial charge in [-0.15, -0.1) is 6.54 Å². The third-order valence-corrected chi connectivity index (χ3v) is 4.36. The van der Waals surface area contributed by atoms with Gasteiger partial charge in [-0.3, -0.25) is 14.8 Å². The first kappa shape index (κ1) is 26.8. The van der Waals surface area contributed by atoms with Gasteiger partial charge in [0.25, 0.3) is 0 Å². The summed E-state index contributed by atoms with van der Waals surface area (Å²) in [6, 6.07) is 21.6. The fraction of sp³-hybridized carbons (Fsp3) is 0.154. The summed E-state index contributed by atoms with van der Waals surface area (Å²) in [5.74, 6) is 0.467. The molecule has 4 aromatic rings. The smallest absolute Gasteiger partial charge is 0.212 e. The average molecular weight is 634 g/mol. The summed E-state index contributed by atoms with van der Waals surface area (Å²) >= 11 is 0. The van der Waals surface area contributed by atoms with Crippen LogP contribution in [-0.2, 0) is 31.4 Å². The van der Waals surface area contributed by atoms with E-state index in [0.29, 0.717) is 12.4 Å². The van der Waals surface area contributed by atoms with Gasteiger partial charge in [0.2, 0.25) is 5.88 Å². The predicted octanol–water partition coefficient (Wildman–Crippen LogP) is 5.64. The quantitative estimate of drug-likeness (QED) is 0.161. The van der Waals surface area contributed by atoms with Crippen LogP contribution in [0.5, 0.6) is 5.88 Å². The molecule has 0 aliphatic carbocycles. The first-order valence-electron chi connectivity index (χ1n) is 10.4. The third kappa shape index (κ3) is 8.48. The Kier molecular flexibility index (Phi) is 11.0. The number of carbonyl (C=O) groups is 1. The number of carbonyl (C=O) groups excluding carboxylic acids is 1. The fourth-order valence-electron chi connectivity index (χ4n) is 3.01. The van der Waals surface area contributed by atoms with E-state index in [1.165, 1.54) is 19.9 Å². The van der Waals surface area contributed by atoms with Crippen LogP contribution in [0, 0.1) is 0 Å². The monoisotopic (exact) mass is 634 g/mol. The van der Waals surface area contributed by atoms with Crippen LogP contribution in [0.2, 0.25) is 0 Å². The van der Waals surface area contributed by atoms with Crippen LogP contribution in [-0.4, -0.2) is 32.6 Å². The van der Waals surface area contributed by atoms with Crippen LogP contribution >= 0.6 is 0 Å². The number of benzene rings is 1. The zero-order valence-corrected chi connectivity index (χ0v) is 21.3. The van der Waals surface area contributed by atoms with E-state index in [4.69, 9.17) is 9.84 Å². The zero-order chi connectivity index (χ0) is 23.5. The van der Waals surface area contributed by atoms with E-state index in [-0.39, 0.29) is 38.4 Å². The Morgan fingerprint density at radius 2 is 1.76 bits per heavy atom. The van der Waals surface area contributed by atoms with Gasteiger partial charge in [0.15, 0.2) is 5.78 Å². The Morgan fingerprint density at radius 3 is 2.47 bits per heavy atom. The molecule has 0 amide bonds. The molecule has 0 bridgehead atoms. The summed E-state index contributed by atoms with van der Waals surface area (Å²) in [6.07, 6.45) is 4.73. The third-order valence-electron chi connectivity index (χ3n) is 4.36. The molecule has 0 saturated heterocycles. The molecular formula is C26H25IrN4O3-. The number of nitrogens with zero attached hydrogens (tertiary/aromatic N) is 4. The van der Waals surface area contributed by atoms with Gasteiger partial charge in [0, 0.05) is 62.5 Å². The standard InChI is InChI=1S/C21H17N4O.C5H8O2.Ir/c1-2-8-18-16(6-1)11-13-24-21(18)19-9-5-10-20(25-19)26-15-22-14-17-7-3-4-12-23-17;1-4(6)3-5(2)7;/h1-13H,14-15H2;3,6H,1-2H3;/q-1;;. The number of aromatic nitrogens is 3. The van der Waals surface area contributed by atoms with Gasteiger partial charge < -0.3 is 15.2 Å². The summed E-state index contributed by atoms with van der Waals surface area (Å²) in [7, 11) is 0. The van der Waals surface area contributed by atoms with Crippen LogP contribution in [0.25, 0.3) is 27.5 Å². The van der Waals surface area contributed by atoms with E-state index in [2.05, 4.69) is 32.4 Å². The molecule has 0 aliphatic rings. The maximum atomic E-state index is 10.0. The summed E-state index contributed by atoms with van der Waals surface area (Å²) in [4.78, 5) is 23.3. The van der Waals surface area contributed by atoms with Gasteiger partial charge in [-0.1, -0.05) is 36.4 Å². The van der Waals surface area contributed by atoms with Gasteiger partial charge in [0.05, 0.1) is 17.1 Å². The zero-order valence-electron chi connectivity index (χ0n) is 18.9. The van der Waals surface area contributed by atoms with E-state index in [1.807, 2.05) is 54.6 Å². The van der Waals surface area contributed by atoms with Crippen LogP contribution in [0.4, 0.5) is 0 Å². The molecule has 34 heavy (non-hydrogen) atoms. The number of rotatable bonds is 7. The van der Waals surface area contributed by atoms with E-state index >= 15 is 0 Å². The molecular weight excluding hydrogens is 609 g/mol. The predicted molar refractivity (Wildman–Crippen MR) is 129 cm³/mol. The molecule has 3 heterocycles. The van der Waals surface area contributed by atoms with Crippen molar-refractivity contribution in [1.82, 2.24) is 15.0 Å². The normalized spacial score (nSPS) is 10.6. The van der Waals surface area contributed by atoms with Crippen LogP contribution in [0.3, 0.4) is 0 Å². The molecule has 0 fully saturated rings. The van der Waals surface area contributed by atoms with Crippen molar-refractivity contribution in [2.45, 2.75) is 20.4 Å². The Labute approximate surface area is 212 Å². The van der Waals surface area contributed by atoms with Gasteiger partial charge in [0.1, 0.15) is 0 Å². The number of aliphatic hydroxyl groups excluding tert-OH is 1. The van der Waals surface area contributed by atoms with Crippen molar-refractivity contribution >= 4 is 16.6 Å². The van der Waals surface area contributed by atoms with E-state index in [0.717, 1.165) is 27.9 Å². The number of pyridine rings is 3. The first-order valence-corrected chi connectivity index (χ1v) is 10.4. The minimum atomic E-state index is -0.125. The Bertz CT molecular complexity index is 1220.